The number of hydrogen-bond donors (Lipinski definition) is 1. The van der Waals surface area contributed by atoms with Crippen molar-refractivity contribution in [2.45, 2.75) is 39.0 Å². The molecule has 1 N–H and O–H groups in total. The summed E-state index contributed by atoms with van der Waals surface area (Å²) in [6.07, 6.45) is -2.32. The number of halogens is 4. The molecular formula is C27H23F4NO2. The van der Waals surface area contributed by atoms with Gasteiger partial charge in [-0.25, -0.2) is 4.39 Å². The van der Waals surface area contributed by atoms with E-state index in [1.54, 1.807) is 24.3 Å². The molecule has 1 amide bonds. The third-order valence-corrected chi connectivity index (χ3v) is 5.71. The molecule has 3 aromatic rings. The maximum Gasteiger partial charge on any atom is 0.416 e. The van der Waals surface area contributed by atoms with Crippen molar-refractivity contribution in [1.82, 2.24) is 0 Å². The number of carbonyl (C=O) groups is 1. The summed E-state index contributed by atoms with van der Waals surface area (Å²) in [6, 6.07) is 16.6. The highest BCUT2D eigenvalue weighted by Crippen LogP contribution is 2.44. The van der Waals surface area contributed by atoms with Crippen LogP contribution in [-0.2, 0) is 17.6 Å². The maximum atomic E-state index is 13.5. The minimum Gasteiger partial charge on any atom is -0.488 e. The lowest BCUT2D eigenvalue weighted by molar-refractivity contribution is -0.137. The van der Waals surface area contributed by atoms with Crippen LogP contribution in [0.4, 0.5) is 23.2 Å². The van der Waals surface area contributed by atoms with Gasteiger partial charge in [-0.2, -0.15) is 13.2 Å². The van der Waals surface area contributed by atoms with Gasteiger partial charge in [0.15, 0.2) is 0 Å². The average Bonchev–Trinajstić information content (AvgIpc) is 3.28. The summed E-state index contributed by atoms with van der Waals surface area (Å²) in [7, 11) is 0. The molecule has 34 heavy (non-hydrogen) atoms. The van der Waals surface area contributed by atoms with Crippen LogP contribution in [0.5, 0.6) is 5.75 Å². The van der Waals surface area contributed by atoms with Crippen LogP contribution in [0.15, 0.2) is 66.7 Å². The number of nitrogens with one attached hydrogen (secondary N) is 1. The van der Waals surface area contributed by atoms with Gasteiger partial charge in [-0.15, -0.1) is 0 Å². The molecule has 0 saturated heterocycles. The van der Waals surface area contributed by atoms with Crippen LogP contribution in [0.3, 0.4) is 0 Å². The fourth-order valence-corrected chi connectivity index (χ4v) is 4.13. The second-order valence-electron chi connectivity index (χ2n) is 8.19. The van der Waals surface area contributed by atoms with Crippen LogP contribution >= 0.6 is 0 Å². The minimum absolute atomic E-state index is 0.104. The highest BCUT2D eigenvalue weighted by Gasteiger charge is 2.32. The smallest absolute Gasteiger partial charge is 0.416 e. The van der Waals surface area contributed by atoms with Crippen molar-refractivity contribution in [3.8, 4) is 5.75 Å². The molecule has 3 nitrogen and oxygen atoms in total. The molecule has 0 unspecified atom stereocenters. The normalized spacial score (nSPS) is 13.8. The monoisotopic (exact) mass is 469 g/mol. The van der Waals surface area contributed by atoms with Crippen molar-refractivity contribution in [2.75, 3.05) is 5.32 Å². The largest absolute Gasteiger partial charge is 0.488 e. The fraction of sp³-hybridized carbons (Fsp3) is 0.222. The average molecular weight is 469 g/mol. The van der Waals surface area contributed by atoms with Gasteiger partial charge in [0.1, 0.15) is 18.2 Å². The number of benzene rings is 3. The highest BCUT2D eigenvalue weighted by atomic mass is 19.4. The molecule has 0 spiro atoms. The molecule has 0 aromatic heterocycles. The van der Waals surface area contributed by atoms with E-state index in [2.05, 4.69) is 5.32 Å². The SMILES string of the molecule is CC(=O)Nc1ccc(C2=C(c3cc(C(F)(F)F)ccc3OCc3ccc(F)cc3)CCC2)cc1. The lowest BCUT2D eigenvalue weighted by Gasteiger charge is -2.17. The van der Waals surface area contributed by atoms with Gasteiger partial charge >= 0.3 is 6.18 Å². The van der Waals surface area contributed by atoms with E-state index >= 15 is 0 Å². The van der Waals surface area contributed by atoms with Gasteiger partial charge in [0.05, 0.1) is 5.56 Å². The summed E-state index contributed by atoms with van der Waals surface area (Å²) in [5.41, 5.74) is 3.70. The number of amides is 1. The van der Waals surface area contributed by atoms with Crippen molar-refractivity contribution >= 4 is 22.7 Å². The Labute approximate surface area is 195 Å². The Kier molecular flexibility index (Phi) is 6.72. The van der Waals surface area contributed by atoms with E-state index in [0.717, 1.165) is 41.7 Å². The van der Waals surface area contributed by atoms with Crippen molar-refractivity contribution in [1.29, 1.82) is 0 Å². The molecule has 0 aliphatic heterocycles. The molecule has 0 atom stereocenters. The minimum atomic E-state index is -4.48. The number of alkyl halides is 3. The number of carbonyl (C=O) groups excluding carboxylic acids is 1. The van der Waals surface area contributed by atoms with E-state index in [4.69, 9.17) is 4.74 Å². The number of ether oxygens (including phenoxy) is 1. The lowest BCUT2D eigenvalue weighted by atomic mass is 9.95. The van der Waals surface area contributed by atoms with Crippen LogP contribution in [0.1, 0.15) is 48.4 Å². The van der Waals surface area contributed by atoms with Crippen LogP contribution in [0, 0.1) is 5.82 Å². The Balaban J connectivity index is 1.71. The molecule has 0 saturated carbocycles. The summed E-state index contributed by atoms with van der Waals surface area (Å²) in [5.74, 6) is -0.203. The summed E-state index contributed by atoms with van der Waals surface area (Å²) < 4.78 is 59.7. The molecule has 3 aromatic carbocycles. The first kappa shape index (κ1) is 23.5. The van der Waals surface area contributed by atoms with Gasteiger partial charge in [0, 0.05) is 18.2 Å². The maximum absolute atomic E-state index is 13.5. The second kappa shape index (κ2) is 9.71. The summed E-state index contributed by atoms with van der Waals surface area (Å²) in [5, 5.41) is 2.71. The molecule has 4 rings (SSSR count). The van der Waals surface area contributed by atoms with Crippen molar-refractivity contribution < 1.29 is 27.1 Å². The van der Waals surface area contributed by atoms with Crippen molar-refractivity contribution in [3.05, 3.63) is 94.8 Å². The Morgan fingerprint density at radius 1 is 0.941 bits per heavy atom. The molecular weight excluding hydrogens is 446 g/mol. The van der Waals surface area contributed by atoms with E-state index in [1.807, 2.05) is 12.1 Å². The Morgan fingerprint density at radius 3 is 2.26 bits per heavy atom. The van der Waals surface area contributed by atoms with Gasteiger partial charge in [-0.3, -0.25) is 4.79 Å². The van der Waals surface area contributed by atoms with E-state index in [1.165, 1.54) is 25.1 Å². The Hall–Kier alpha value is -3.61. The van der Waals surface area contributed by atoms with Crippen molar-refractivity contribution in [3.63, 3.8) is 0 Å². The zero-order chi connectivity index (χ0) is 24.3. The topological polar surface area (TPSA) is 38.3 Å². The van der Waals surface area contributed by atoms with Crippen LogP contribution in [-0.4, -0.2) is 5.91 Å². The van der Waals surface area contributed by atoms with Gasteiger partial charge in [-0.1, -0.05) is 24.3 Å². The highest BCUT2D eigenvalue weighted by molar-refractivity contribution is 5.95. The fourth-order valence-electron chi connectivity index (χ4n) is 4.13. The third kappa shape index (κ3) is 5.47. The van der Waals surface area contributed by atoms with Gasteiger partial charge in [-0.05, 0) is 84.0 Å². The molecule has 176 valence electrons. The lowest BCUT2D eigenvalue weighted by Crippen LogP contribution is -2.07. The first-order valence-electron chi connectivity index (χ1n) is 10.9. The standard InChI is InChI=1S/C27H23F4NO2/c1-17(33)32-22-12-7-19(8-13-22)23-3-2-4-24(23)25-15-20(27(29,30)31)9-14-26(25)34-16-18-5-10-21(28)11-6-18/h5-15H,2-4,16H2,1H3,(H,32,33). The van der Waals surface area contributed by atoms with E-state index in [-0.39, 0.29) is 18.3 Å². The van der Waals surface area contributed by atoms with Gasteiger partial charge < -0.3 is 10.1 Å². The van der Waals surface area contributed by atoms with Crippen LogP contribution in [0.2, 0.25) is 0 Å². The molecule has 1 aliphatic carbocycles. The summed E-state index contributed by atoms with van der Waals surface area (Å²) in [4.78, 5) is 11.3. The summed E-state index contributed by atoms with van der Waals surface area (Å²) >= 11 is 0. The van der Waals surface area contributed by atoms with Crippen LogP contribution < -0.4 is 10.1 Å². The van der Waals surface area contributed by atoms with E-state index in [0.29, 0.717) is 29.0 Å². The summed E-state index contributed by atoms with van der Waals surface area (Å²) in [6.45, 7) is 1.53. The molecule has 0 radical (unpaired) electrons. The molecule has 0 heterocycles. The molecule has 7 heteroatoms. The second-order valence-corrected chi connectivity index (χ2v) is 8.19. The van der Waals surface area contributed by atoms with E-state index < -0.39 is 11.7 Å². The molecule has 1 aliphatic rings. The van der Waals surface area contributed by atoms with E-state index in [9.17, 15) is 22.4 Å². The Bertz CT molecular complexity index is 1210. The predicted octanol–water partition coefficient (Wildman–Crippen LogP) is 7.48. The van der Waals surface area contributed by atoms with Crippen molar-refractivity contribution in [2.24, 2.45) is 0 Å². The predicted molar refractivity (Wildman–Crippen MR) is 124 cm³/mol. The first-order valence-corrected chi connectivity index (χ1v) is 10.9. The first-order chi connectivity index (χ1) is 16.2. The van der Waals surface area contributed by atoms with Gasteiger partial charge in [0.2, 0.25) is 5.91 Å². The quantitative estimate of drug-likeness (QED) is 0.380. The number of anilines is 1. The van der Waals surface area contributed by atoms with Crippen LogP contribution in [0.25, 0.3) is 11.1 Å². The molecule has 0 bridgehead atoms. The number of allylic oxidation sites excluding steroid dienone is 2. The molecule has 0 fully saturated rings. The zero-order valence-electron chi connectivity index (χ0n) is 18.5. The Morgan fingerprint density at radius 2 is 1.62 bits per heavy atom. The third-order valence-electron chi connectivity index (χ3n) is 5.71. The van der Waals surface area contributed by atoms with Gasteiger partial charge in [0.25, 0.3) is 0 Å². The zero-order valence-corrected chi connectivity index (χ0v) is 18.5. The number of hydrogen-bond acceptors (Lipinski definition) is 2. The number of rotatable bonds is 6.